The predicted octanol–water partition coefficient (Wildman–Crippen LogP) is 7.30. The third-order valence-electron chi connectivity index (χ3n) is 7.26. The third-order valence-corrected chi connectivity index (χ3v) is 7.26. The van der Waals surface area contributed by atoms with Gasteiger partial charge in [0.1, 0.15) is 17.6 Å². The SMILES string of the molecule is COc1c(C2=CC=CC3=CC2=C(CC=O)C=C(C(=O)c2cc(F)c(F)c(F)c2)C3)c(C(F)(F)F)cc2c1nc(C)n2C. The van der Waals surface area contributed by atoms with Crippen LogP contribution in [0.5, 0.6) is 5.75 Å². The van der Waals surface area contributed by atoms with Crippen molar-refractivity contribution in [3.63, 3.8) is 0 Å². The number of carbonyl (C=O) groups excluding carboxylic acids is 2. The quantitative estimate of drug-likeness (QED) is 0.132. The average Bonchev–Trinajstić information content (AvgIpc) is 3.08. The van der Waals surface area contributed by atoms with Gasteiger partial charge in [-0.3, -0.25) is 4.79 Å². The van der Waals surface area contributed by atoms with Gasteiger partial charge in [-0.05, 0) is 47.4 Å². The molecular formula is C31H22F6N2O3. The van der Waals surface area contributed by atoms with E-state index < -0.39 is 40.5 Å². The average molecular weight is 585 g/mol. The predicted molar refractivity (Wildman–Crippen MR) is 143 cm³/mol. The van der Waals surface area contributed by atoms with Crippen molar-refractivity contribution in [2.24, 2.45) is 7.05 Å². The minimum absolute atomic E-state index is 0.00298. The van der Waals surface area contributed by atoms with E-state index in [-0.39, 0.29) is 57.5 Å². The number of fused-ring (bicyclic) bond motifs is 2. The fraction of sp³-hybridized carbons (Fsp3) is 0.194. The zero-order chi connectivity index (χ0) is 30.5. The number of hydrogen-bond acceptors (Lipinski definition) is 4. The molecule has 2 aromatic carbocycles. The second-order valence-electron chi connectivity index (χ2n) is 9.81. The molecule has 0 N–H and O–H groups in total. The van der Waals surface area contributed by atoms with Crippen LogP contribution in [0.1, 0.15) is 40.2 Å². The van der Waals surface area contributed by atoms with Crippen LogP contribution in [0, 0.1) is 24.4 Å². The minimum atomic E-state index is -4.82. The molecule has 1 aromatic heterocycles. The molecule has 0 saturated heterocycles. The van der Waals surface area contributed by atoms with Gasteiger partial charge in [-0.15, -0.1) is 0 Å². The zero-order valence-electron chi connectivity index (χ0n) is 22.5. The van der Waals surface area contributed by atoms with Crippen molar-refractivity contribution < 1.29 is 40.7 Å². The first-order chi connectivity index (χ1) is 19.8. The second kappa shape index (κ2) is 10.6. The van der Waals surface area contributed by atoms with E-state index in [0.29, 0.717) is 29.8 Å². The first kappa shape index (κ1) is 28.8. The molecule has 0 amide bonds. The van der Waals surface area contributed by atoms with E-state index in [0.717, 1.165) is 6.07 Å². The van der Waals surface area contributed by atoms with Gasteiger partial charge in [0, 0.05) is 36.6 Å². The molecule has 0 spiro atoms. The molecule has 5 nitrogen and oxygen atoms in total. The molecule has 0 aliphatic heterocycles. The van der Waals surface area contributed by atoms with E-state index in [4.69, 9.17) is 4.74 Å². The summed E-state index contributed by atoms with van der Waals surface area (Å²) in [6.07, 6.45) is 2.76. The summed E-state index contributed by atoms with van der Waals surface area (Å²) >= 11 is 0. The van der Waals surface area contributed by atoms with Crippen molar-refractivity contribution in [2.75, 3.05) is 7.11 Å². The molecule has 42 heavy (non-hydrogen) atoms. The molecule has 1 heterocycles. The summed E-state index contributed by atoms with van der Waals surface area (Å²) < 4.78 is 92.3. The summed E-state index contributed by atoms with van der Waals surface area (Å²) in [5, 5.41) is 0. The normalized spacial score (nSPS) is 15.2. The maximum absolute atomic E-state index is 14.6. The van der Waals surface area contributed by atoms with Crippen LogP contribution >= 0.6 is 0 Å². The maximum atomic E-state index is 14.6. The Hall–Kier alpha value is -4.67. The maximum Gasteiger partial charge on any atom is 0.417 e. The van der Waals surface area contributed by atoms with Gasteiger partial charge in [-0.25, -0.2) is 18.2 Å². The molecule has 0 atom stereocenters. The number of alkyl halides is 3. The van der Waals surface area contributed by atoms with Gasteiger partial charge in [-0.1, -0.05) is 30.4 Å². The molecule has 2 bridgehead atoms. The number of methoxy groups -OCH3 is 1. The van der Waals surface area contributed by atoms with E-state index in [1.807, 2.05) is 0 Å². The third kappa shape index (κ3) is 4.88. The summed E-state index contributed by atoms with van der Waals surface area (Å²) in [5.41, 5.74) is -0.395. The number of carbonyl (C=O) groups is 2. The lowest BCUT2D eigenvalue weighted by molar-refractivity contribution is -0.137. The number of aryl methyl sites for hydroxylation is 2. The van der Waals surface area contributed by atoms with E-state index in [1.54, 1.807) is 26.1 Å². The summed E-state index contributed by atoms with van der Waals surface area (Å²) in [7, 11) is 2.83. The Bertz CT molecular complexity index is 1810. The topological polar surface area (TPSA) is 61.2 Å². The number of ether oxygens (including phenoxy) is 1. The monoisotopic (exact) mass is 584 g/mol. The van der Waals surface area contributed by atoms with E-state index >= 15 is 0 Å². The van der Waals surface area contributed by atoms with E-state index in [1.165, 1.54) is 29.9 Å². The molecule has 0 unspecified atom stereocenters. The number of imidazole rings is 1. The number of hydrogen-bond donors (Lipinski definition) is 0. The first-order valence-electron chi connectivity index (χ1n) is 12.6. The Morgan fingerprint density at radius 2 is 1.81 bits per heavy atom. The van der Waals surface area contributed by atoms with Gasteiger partial charge in [-0.2, -0.15) is 13.2 Å². The van der Waals surface area contributed by atoms with Crippen LogP contribution in [0.4, 0.5) is 26.3 Å². The molecule has 0 fully saturated rings. The lowest BCUT2D eigenvalue weighted by atomic mass is 9.88. The molecule has 2 aliphatic carbocycles. The van der Waals surface area contributed by atoms with Crippen molar-refractivity contribution >= 4 is 28.7 Å². The molecular weight excluding hydrogens is 562 g/mol. The van der Waals surface area contributed by atoms with Crippen molar-refractivity contribution in [3.8, 4) is 5.75 Å². The summed E-state index contributed by atoms with van der Waals surface area (Å²) in [6.45, 7) is 1.65. The number of Topliss-reactive ketones (excluding diaryl/α,β-unsaturated/α-hetero) is 1. The lowest BCUT2D eigenvalue weighted by Gasteiger charge is -2.21. The number of aldehydes is 1. The first-order valence-corrected chi connectivity index (χ1v) is 12.6. The number of nitrogens with zero attached hydrogens (tertiary/aromatic N) is 2. The Morgan fingerprint density at radius 1 is 1.12 bits per heavy atom. The largest absolute Gasteiger partial charge is 0.494 e. The van der Waals surface area contributed by atoms with Gasteiger partial charge in [0.2, 0.25) is 0 Å². The second-order valence-corrected chi connectivity index (χ2v) is 9.81. The Kier molecular flexibility index (Phi) is 7.30. The van der Waals surface area contributed by atoms with Crippen LogP contribution in [0.3, 0.4) is 0 Å². The van der Waals surface area contributed by atoms with Gasteiger partial charge in [0.25, 0.3) is 0 Å². The number of benzene rings is 2. The number of rotatable bonds is 6. The lowest BCUT2D eigenvalue weighted by Crippen LogP contribution is -2.12. The van der Waals surface area contributed by atoms with Gasteiger partial charge < -0.3 is 14.1 Å². The molecule has 3 aromatic rings. The molecule has 0 radical (unpaired) electrons. The number of halogens is 6. The number of aromatic nitrogens is 2. The Morgan fingerprint density at radius 3 is 2.43 bits per heavy atom. The summed E-state index contributed by atoms with van der Waals surface area (Å²) in [4.78, 5) is 29.5. The molecule has 2 aliphatic rings. The van der Waals surface area contributed by atoms with Gasteiger partial charge in [0.15, 0.2) is 29.0 Å². The van der Waals surface area contributed by atoms with Crippen molar-refractivity contribution in [1.29, 1.82) is 0 Å². The van der Waals surface area contributed by atoms with Gasteiger partial charge in [0.05, 0.1) is 18.2 Å². The van der Waals surface area contributed by atoms with Crippen LogP contribution in [0.2, 0.25) is 0 Å². The highest BCUT2D eigenvalue weighted by atomic mass is 19.4. The molecule has 216 valence electrons. The zero-order valence-corrected chi connectivity index (χ0v) is 22.5. The van der Waals surface area contributed by atoms with Gasteiger partial charge >= 0.3 is 6.18 Å². The molecule has 5 rings (SSSR count). The summed E-state index contributed by atoms with van der Waals surface area (Å²) in [6, 6.07) is 2.13. The fourth-order valence-corrected chi connectivity index (χ4v) is 5.20. The van der Waals surface area contributed by atoms with Crippen molar-refractivity contribution in [2.45, 2.75) is 25.9 Å². The number of allylic oxidation sites excluding steroid dienone is 10. The van der Waals surface area contributed by atoms with Crippen molar-refractivity contribution in [1.82, 2.24) is 9.55 Å². The standard InChI is InChI=1S/C31H22F6N2O3/c1-15-38-28-25(39(15)2)14-22(31(35,36)37)26(30(28)42-3)20-6-4-5-16-9-18(11-17(7-8-40)21(20)10-16)29(41)19-12-23(32)27(34)24(33)13-19/h4-6,8,10-14H,7,9H2,1-3H3. The highest BCUT2D eigenvalue weighted by Crippen LogP contribution is 2.48. The van der Waals surface area contributed by atoms with Crippen LogP contribution in [-0.4, -0.2) is 28.7 Å². The number of ketones is 1. The van der Waals surface area contributed by atoms with Crippen LogP contribution < -0.4 is 4.74 Å². The Balaban J connectivity index is 1.78. The Labute approximate surface area is 235 Å². The minimum Gasteiger partial charge on any atom is -0.494 e. The molecule has 0 saturated carbocycles. The fourth-order valence-electron chi connectivity index (χ4n) is 5.20. The smallest absolute Gasteiger partial charge is 0.417 e. The highest BCUT2D eigenvalue weighted by molar-refractivity contribution is 6.10. The van der Waals surface area contributed by atoms with E-state index in [2.05, 4.69) is 4.98 Å². The van der Waals surface area contributed by atoms with Crippen LogP contribution in [0.25, 0.3) is 16.6 Å². The van der Waals surface area contributed by atoms with E-state index in [9.17, 15) is 35.9 Å². The highest BCUT2D eigenvalue weighted by Gasteiger charge is 2.39. The van der Waals surface area contributed by atoms with Crippen LogP contribution in [0.15, 0.2) is 70.9 Å². The van der Waals surface area contributed by atoms with Crippen molar-refractivity contribution in [3.05, 3.63) is 111 Å². The van der Waals surface area contributed by atoms with Crippen LogP contribution in [-0.2, 0) is 18.0 Å². The molecule has 11 heteroatoms. The summed E-state index contributed by atoms with van der Waals surface area (Å²) in [5.74, 6) is -5.33.